The molecule has 13 heavy (non-hydrogen) atoms. The second-order valence-electron chi connectivity index (χ2n) is 3.30. The molecule has 0 aromatic carbocycles. The minimum atomic E-state index is -0.184. The van der Waals surface area contributed by atoms with E-state index in [9.17, 15) is 4.39 Å². The summed E-state index contributed by atoms with van der Waals surface area (Å²) in [4.78, 5) is 6.13. The molecule has 3 heteroatoms. The van der Waals surface area contributed by atoms with Crippen molar-refractivity contribution in [2.45, 2.75) is 33.7 Å². The lowest BCUT2D eigenvalue weighted by atomic mass is 10.3. The van der Waals surface area contributed by atoms with Crippen LogP contribution < -0.4 is 0 Å². The Morgan fingerprint density at radius 3 is 2.46 bits per heavy atom. The highest BCUT2D eigenvalue weighted by atomic mass is 19.1. The molecule has 0 aliphatic heterocycles. The van der Waals surface area contributed by atoms with E-state index in [4.69, 9.17) is 0 Å². The van der Waals surface area contributed by atoms with Crippen LogP contribution in [-0.2, 0) is 0 Å². The zero-order valence-electron chi connectivity index (χ0n) is 9.13. The molecule has 2 nitrogen and oxygen atoms in total. The summed E-state index contributed by atoms with van der Waals surface area (Å²) < 4.78 is 12.7. The van der Waals surface area contributed by atoms with Crippen molar-refractivity contribution in [2.24, 2.45) is 4.99 Å². The molecule has 0 spiro atoms. The normalized spacial score (nSPS) is 13.8. The van der Waals surface area contributed by atoms with Gasteiger partial charge in [0.1, 0.15) is 5.83 Å². The van der Waals surface area contributed by atoms with E-state index in [0.717, 1.165) is 5.84 Å². The van der Waals surface area contributed by atoms with Crippen LogP contribution in [0.1, 0.15) is 27.7 Å². The number of allylic oxidation sites excluding steroid dienone is 1. The lowest BCUT2D eigenvalue weighted by Crippen LogP contribution is -2.31. The summed E-state index contributed by atoms with van der Waals surface area (Å²) in [6.45, 7) is 7.87. The van der Waals surface area contributed by atoms with E-state index in [2.05, 4.69) is 18.8 Å². The van der Waals surface area contributed by atoms with Crippen LogP contribution in [-0.4, -0.2) is 30.4 Å². The molecule has 0 atom stereocenters. The van der Waals surface area contributed by atoms with Gasteiger partial charge in [0, 0.05) is 13.1 Å². The van der Waals surface area contributed by atoms with Gasteiger partial charge < -0.3 is 4.90 Å². The quantitative estimate of drug-likeness (QED) is 0.488. The summed E-state index contributed by atoms with van der Waals surface area (Å²) in [6.07, 6.45) is 1.44. The third-order valence-electron chi connectivity index (χ3n) is 2.06. The Kier molecular flexibility index (Phi) is 5.35. The third kappa shape index (κ3) is 4.65. The van der Waals surface area contributed by atoms with Crippen LogP contribution in [0.15, 0.2) is 16.9 Å². The second-order valence-corrected chi connectivity index (χ2v) is 3.30. The van der Waals surface area contributed by atoms with Gasteiger partial charge in [0.05, 0.1) is 12.4 Å². The highest BCUT2D eigenvalue weighted by Crippen LogP contribution is 2.00. The molecule has 0 amide bonds. The summed E-state index contributed by atoms with van der Waals surface area (Å²) >= 11 is 0. The van der Waals surface area contributed by atoms with Crippen LogP contribution in [0, 0.1) is 0 Å². The lowest BCUT2D eigenvalue weighted by molar-refractivity contribution is 0.413. The number of nitrogens with zero attached hydrogens (tertiary/aromatic N) is 2. The van der Waals surface area contributed by atoms with E-state index in [0.29, 0.717) is 6.04 Å². The molecule has 0 bridgehead atoms. The lowest BCUT2D eigenvalue weighted by Gasteiger charge is -2.22. The Bertz CT molecular complexity index is 207. The molecule has 0 N–H and O–H groups in total. The van der Waals surface area contributed by atoms with Gasteiger partial charge in [-0.25, -0.2) is 4.39 Å². The van der Waals surface area contributed by atoms with Gasteiger partial charge >= 0.3 is 0 Å². The Morgan fingerprint density at radius 1 is 1.54 bits per heavy atom. The number of amidine groups is 1. The molecule has 0 unspecified atom stereocenters. The van der Waals surface area contributed by atoms with Crippen molar-refractivity contribution in [1.82, 2.24) is 4.90 Å². The largest absolute Gasteiger partial charge is 0.361 e. The SMILES string of the molecule is C/C=C(/F)C/N=C(/C)N(C)C(C)C. The first-order valence-electron chi connectivity index (χ1n) is 4.53. The number of rotatable bonds is 3. The van der Waals surface area contributed by atoms with Crippen LogP contribution in [0.3, 0.4) is 0 Å². The summed E-state index contributed by atoms with van der Waals surface area (Å²) in [7, 11) is 1.96. The van der Waals surface area contributed by atoms with Crippen molar-refractivity contribution < 1.29 is 4.39 Å². The van der Waals surface area contributed by atoms with E-state index in [-0.39, 0.29) is 12.4 Å². The second kappa shape index (κ2) is 5.73. The van der Waals surface area contributed by atoms with Crippen LogP contribution in [0.5, 0.6) is 0 Å². The Labute approximate surface area is 80.2 Å². The fourth-order valence-corrected chi connectivity index (χ4v) is 0.766. The molecule has 0 heterocycles. The summed E-state index contributed by atoms with van der Waals surface area (Å²) in [6, 6.07) is 0.400. The van der Waals surface area contributed by atoms with Gasteiger partial charge in [-0.3, -0.25) is 4.99 Å². The first kappa shape index (κ1) is 12.1. The number of hydrogen-bond donors (Lipinski definition) is 0. The van der Waals surface area contributed by atoms with Crippen molar-refractivity contribution in [3.8, 4) is 0 Å². The summed E-state index contributed by atoms with van der Waals surface area (Å²) in [5.74, 6) is 0.684. The van der Waals surface area contributed by atoms with Crippen molar-refractivity contribution in [1.29, 1.82) is 0 Å². The average molecular weight is 186 g/mol. The highest BCUT2D eigenvalue weighted by molar-refractivity contribution is 5.79. The van der Waals surface area contributed by atoms with Crippen molar-refractivity contribution in [3.63, 3.8) is 0 Å². The Hall–Kier alpha value is -0.860. The molecule has 0 rings (SSSR count). The topological polar surface area (TPSA) is 15.6 Å². The minimum Gasteiger partial charge on any atom is -0.361 e. The first-order valence-corrected chi connectivity index (χ1v) is 4.53. The van der Waals surface area contributed by atoms with Crippen LogP contribution >= 0.6 is 0 Å². The molecular formula is C10H19FN2. The van der Waals surface area contributed by atoms with Gasteiger partial charge in [0.2, 0.25) is 0 Å². The molecular weight excluding hydrogens is 167 g/mol. The maximum absolute atomic E-state index is 12.7. The van der Waals surface area contributed by atoms with Gasteiger partial charge in [-0.15, -0.1) is 0 Å². The third-order valence-corrected chi connectivity index (χ3v) is 2.06. The predicted molar refractivity (Wildman–Crippen MR) is 55.7 cm³/mol. The van der Waals surface area contributed by atoms with Gasteiger partial charge in [0.15, 0.2) is 0 Å². The molecule has 76 valence electrons. The summed E-state index contributed by atoms with van der Waals surface area (Å²) in [5, 5.41) is 0. The van der Waals surface area contributed by atoms with Crippen molar-refractivity contribution in [3.05, 3.63) is 11.9 Å². The van der Waals surface area contributed by atoms with E-state index >= 15 is 0 Å². The van der Waals surface area contributed by atoms with Crippen molar-refractivity contribution in [2.75, 3.05) is 13.6 Å². The van der Waals surface area contributed by atoms with E-state index < -0.39 is 0 Å². The minimum absolute atomic E-state index is 0.152. The number of aliphatic imine (C=N–C) groups is 1. The summed E-state index contributed by atoms with van der Waals surface area (Å²) in [5.41, 5.74) is 0. The molecule has 0 fully saturated rings. The number of hydrogen-bond acceptors (Lipinski definition) is 1. The zero-order chi connectivity index (χ0) is 10.4. The maximum atomic E-state index is 12.7. The fraction of sp³-hybridized carbons (Fsp3) is 0.700. The van der Waals surface area contributed by atoms with E-state index in [1.807, 2.05) is 18.9 Å². The molecule has 0 aromatic heterocycles. The molecule has 0 aliphatic rings. The predicted octanol–water partition coefficient (Wildman–Crippen LogP) is 2.62. The fourth-order valence-electron chi connectivity index (χ4n) is 0.766. The molecule has 0 radical (unpaired) electrons. The monoisotopic (exact) mass is 186 g/mol. The van der Waals surface area contributed by atoms with E-state index in [1.165, 1.54) is 6.08 Å². The van der Waals surface area contributed by atoms with Gasteiger partial charge in [-0.2, -0.15) is 0 Å². The average Bonchev–Trinajstić information content (AvgIpc) is 2.11. The smallest absolute Gasteiger partial charge is 0.117 e. The maximum Gasteiger partial charge on any atom is 0.117 e. The van der Waals surface area contributed by atoms with E-state index in [1.54, 1.807) is 6.92 Å². The highest BCUT2D eigenvalue weighted by Gasteiger charge is 2.04. The Morgan fingerprint density at radius 2 is 2.08 bits per heavy atom. The number of halogens is 1. The van der Waals surface area contributed by atoms with Crippen molar-refractivity contribution >= 4 is 5.84 Å². The molecule has 0 aliphatic carbocycles. The standard InChI is InChI=1S/C10H19FN2/c1-6-10(11)7-12-9(4)13(5)8(2)3/h6,8H,7H2,1-5H3/b10-6+,12-9-. The van der Waals surface area contributed by atoms with Crippen LogP contribution in [0.25, 0.3) is 0 Å². The Balaban J connectivity index is 4.17. The molecule has 0 saturated heterocycles. The van der Waals surface area contributed by atoms with Gasteiger partial charge in [-0.05, 0) is 27.7 Å². The van der Waals surface area contributed by atoms with Gasteiger partial charge in [0.25, 0.3) is 0 Å². The molecule has 0 aromatic rings. The van der Waals surface area contributed by atoms with Gasteiger partial charge in [-0.1, -0.05) is 6.08 Å². The molecule has 0 saturated carbocycles. The zero-order valence-corrected chi connectivity index (χ0v) is 9.13. The van der Waals surface area contributed by atoms with Crippen LogP contribution in [0.2, 0.25) is 0 Å². The van der Waals surface area contributed by atoms with Crippen LogP contribution in [0.4, 0.5) is 4.39 Å². The first-order chi connectivity index (χ1) is 5.99.